The number of benzene rings is 1. The summed E-state index contributed by atoms with van der Waals surface area (Å²) in [7, 11) is 0. The van der Waals surface area contributed by atoms with Gasteiger partial charge in [-0.1, -0.05) is 38.1 Å². The number of nitrogens with one attached hydrogen (secondary N) is 1. The fourth-order valence-electron chi connectivity index (χ4n) is 1.64. The van der Waals surface area contributed by atoms with Crippen LogP contribution in [-0.4, -0.2) is 26.9 Å². The fourth-order valence-corrected chi connectivity index (χ4v) is 1.64. The molecule has 0 saturated carbocycles. The smallest absolute Gasteiger partial charge is 0.261 e. The first-order valence-corrected chi connectivity index (χ1v) is 6.39. The third-order valence-corrected chi connectivity index (χ3v) is 2.78. The first-order chi connectivity index (χ1) is 9.65. The van der Waals surface area contributed by atoms with Crippen LogP contribution in [0.2, 0.25) is 0 Å². The average molecular weight is 271 g/mol. The van der Waals surface area contributed by atoms with E-state index in [1.807, 2.05) is 12.1 Å². The van der Waals surface area contributed by atoms with Crippen LogP contribution in [0.1, 0.15) is 30.9 Å². The highest BCUT2D eigenvalue weighted by Crippen LogP contribution is 2.13. The first kappa shape index (κ1) is 13.9. The monoisotopic (exact) mass is 271 g/mol. The van der Waals surface area contributed by atoms with E-state index in [0.29, 0.717) is 5.92 Å². The summed E-state index contributed by atoms with van der Waals surface area (Å²) in [6.07, 6.45) is 4.48. The molecular formula is C14H17N5O. The van der Waals surface area contributed by atoms with Gasteiger partial charge in [0.05, 0.1) is 6.21 Å². The van der Waals surface area contributed by atoms with Gasteiger partial charge in [-0.2, -0.15) is 10.2 Å². The molecule has 2 rings (SSSR count). The Kier molecular flexibility index (Phi) is 4.60. The van der Waals surface area contributed by atoms with Gasteiger partial charge in [0.15, 0.2) is 0 Å². The van der Waals surface area contributed by atoms with Gasteiger partial charge in [-0.05, 0) is 17.0 Å². The maximum absolute atomic E-state index is 11.5. The molecule has 0 aliphatic carbocycles. The summed E-state index contributed by atoms with van der Waals surface area (Å²) in [5.41, 5.74) is 4.66. The van der Waals surface area contributed by atoms with Crippen molar-refractivity contribution in [3.05, 3.63) is 48.0 Å². The number of amides is 1. The summed E-state index contributed by atoms with van der Waals surface area (Å²) >= 11 is 0. The van der Waals surface area contributed by atoms with Gasteiger partial charge in [0.2, 0.25) is 0 Å². The molecule has 0 fully saturated rings. The summed E-state index contributed by atoms with van der Waals surface area (Å²) in [5, 5.41) is 7.75. The van der Waals surface area contributed by atoms with Gasteiger partial charge in [0.25, 0.3) is 5.91 Å². The lowest BCUT2D eigenvalue weighted by atomic mass is 10.0. The molecule has 0 aliphatic heterocycles. The number of nitrogens with zero attached hydrogens (tertiary/aromatic N) is 4. The maximum Gasteiger partial charge on any atom is 0.261 e. The number of carbonyl (C=O) groups is 1. The molecule has 2 aromatic rings. The normalized spacial score (nSPS) is 11.2. The third-order valence-electron chi connectivity index (χ3n) is 2.78. The third kappa shape index (κ3) is 4.01. The lowest BCUT2D eigenvalue weighted by Crippen LogP contribution is -2.23. The van der Waals surface area contributed by atoms with E-state index in [2.05, 4.69) is 46.6 Å². The Labute approximate surface area is 117 Å². The quantitative estimate of drug-likeness (QED) is 0.662. The molecule has 6 nitrogen and oxygen atoms in total. The molecular weight excluding hydrogens is 254 g/mol. The topological polar surface area (TPSA) is 72.2 Å². The minimum atomic E-state index is -0.245. The largest absolute Gasteiger partial charge is 0.271 e. The lowest BCUT2D eigenvalue weighted by molar-refractivity contribution is -0.121. The predicted molar refractivity (Wildman–Crippen MR) is 76.3 cm³/mol. The van der Waals surface area contributed by atoms with Crippen molar-refractivity contribution < 1.29 is 4.79 Å². The van der Waals surface area contributed by atoms with Crippen LogP contribution in [0, 0.1) is 0 Å². The van der Waals surface area contributed by atoms with Crippen molar-refractivity contribution in [1.29, 1.82) is 0 Å². The van der Waals surface area contributed by atoms with Crippen LogP contribution in [-0.2, 0) is 11.3 Å². The highest BCUT2D eigenvalue weighted by molar-refractivity contribution is 5.82. The molecule has 0 aliphatic rings. The molecule has 1 heterocycles. The van der Waals surface area contributed by atoms with Crippen LogP contribution in [0.15, 0.2) is 42.0 Å². The molecule has 1 aromatic heterocycles. The van der Waals surface area contributed by atoms with Crippen LogP contribution in [0.3, 0.4) is 0 Å². The number of hydrazone groups is 1. The number of aromatic nitrogens is 3. The van der Waals surface area contributed by atoms with E-state index in [0.717, 1.165) is 5.56 Å². The highest BCUT2D eigenvalue weighted by Gasteiger charge is 2.01. The van der Waals surface area contributed by atoms with Gasteiger partial charge >= 0.3 is 0 Å². The van der Waals surface area contributed by atoms with E-state index in [9.17, 15) is 4.79 Å². The molecule has 1 aromatic carbocycles. The standard InChI is InChI=1S/C14H17N5O/c1-11(2)13-5-3-12(4-6-13)7-16-18-14(20)8-19-10-15-9-17-19/h3-7,9-11H,8H2,1-2H3,(H,18,20). The first-order valence-electron chi connectivity index (χ1n) is 6.39. The van der Waals surface area contributed by atoms with E-state index < -0.39 is 0 Å². The summed E-state index contributed by atoms with van der Waals surface area (Å²) in [6.45, 7) is 4.39. The Morgan fingerprint density at radius 2 is 2.15 bits per heavy atom. The van der Waals surface area contributed by atoms with Crippen LogP contribution in [0.25, 0.3) is 0 Å². The SMILES string of the molecule is CC(C)c1ccc(C=NNC(=O)Cn2cncn2)cc1. The van der Waals surface area contributed by atoms with Gasteiger partial charge in [-0.25, -0.2) is 15.1 Å². The molecule has 0 unspecified atom stereocenters. The molecule has 1 N–H and O–H groups in total. The van der Waals surface area contributed by atoms with Crippen molar-refractivity contribution in [1.82, 2.24) is 20.2 Å². The Balaban J connectivity index is 1.85. The molecule has 6 heteroatoms. The maximum atomic E-state index is 11.5. The second kappa shape index (κ2) is 6.60. The van der Waals surface area contributed by atoms with E-state index >= 15 is 0 Å². The molecule has 0 bridgehead atoms. The van der Waals surface area contributed by atoms with E-state index in [1.165, 1.54) is 22.9 Å². The molecule has 1 amide bonds. The Morgan fingerprint density at radius 1 is 1.40 bits per heavy atom. The predicted octanol–water partition coefficient (Wildman–Crippen LogP) is 1.55. The Morgan fingerprint density at radius 3 is 2.75 bits per heavy atom. The van der Waals surface area contributed by atoms with Gasteiger partial charge in [0.1, 0.15) is 19.2 Å². The summed E-state index contributed by atoms with van der Waals surface area (Å²) < 4.78 is 1.43. The Hall–Kier alpha value is -2.50. The molecule has 0 spiro atoms. The van der Waals surface area contributed by atoms with Crippen LogP contribution in [0.4, 0.5) is 0 Å². The molecule has 104 valence electrons. The van der Waals surface area contributed by atoms with Gasteiger partial charge in [0, 0.05) is 0 Å². The zero-order chi connectivity index (χ0) is 14.4. The number of carbonyl (C=O) groups excluding carboxylic acids is 1. The lowest BCUT2D eigenvalue weighted by Gasteiger charge is -2.04. The van der Waals surface area contributed by atoms with Crippen molar-refractivity contribution in [2.75, 3.05) is 0 Å². The summed E-state index contributed by atoms with van der Waals surface area (Å²) in [5.74, 6) is 0.258. The minimum Gasteiger partial charge on any atom is -0.271 e. The zero-order valence-electron chi connectivity index (χ0n) is 11.5. The van der Waals surface area contributed by atoms with E-state index in [1.54, 1.807) is 6.21 Å². The molecule has 0 saturated heterocycles. The summed E-state index contributed by atoms with van der Waals surface area (Å²) in [4.78, 5) is 15.3. The average Bonchev–Trinajstić information content (AvgIpc) is 2.92. The summed E-state index contributed by atoms with van der Waals surface area (Å²) in [6, 6.07) is 8.07. The van der Waals surface area contributed by atoms with E-state index in [-0.39, 0.29) is 12.5 Å². The second-order valence-electron chi connectivity index (χ2n) is 4.71. The van der Waals surface area contributed by atoms with Crippen molar-refractivity contribution in [2.24, 2.45) is 5.10 Å². The van der Waals surface area contributed by atoms with Crippen molar-refractivity contribution in [3.63, 3.8) is 0 Å². The number of hydrogen-bond donors (Lipinski definition) is 1. The van der Waals surface area contributed by atoms with Crippen LogP contribution < -0.4 is 5.43 Å². The molecule has 0 radical (unpaired) electrons. The molecule has 0 atom stereocenters. The van der Waals surface area contributed by atoms with Gasteiger partial charge < -0.3 is 0 Å². The van der Waals surface area contributed by atoms with Crippen LogP contribution in [0.5, 0.6) is 0 Å². The van der Waals surface area contributed by atoms with Crippen LogP contribution >= 0.6 is 0 Å². The second-order valence-corrected chi connectivity index (χ2v) is 4.71. The fraction of sp³-hybridized carbons (Fsp3) is 0.286. The van der Waals surface area contributed by atoms with Crippen molar-refractivity contribution in [3.8, 4) is 0 Å². The molecule has 20 heavy (non-hydrogen) atoms. The number of rotatable bonds is 5. The van der Waals surface area contributed by atoms with E-state index in [4.69, 9.17) is 0 Å². The Bertz CT molecular complexity index is 572. The van der Waals surface area contributed by atoms with Gasteiger partial charge in [-0.15, -0.1) is 0 Å². The number of hydrogen-bond acceptors (Lipinski definition) is 4. The zero-order valence-corrected chi connectivity index (χ0v) is 11.5. The van der Waals surface area contributed by atoms with Crippen molar-refractivity contribution >= 4 is 12.1 Å². The minimum absolute atomic E-state index is 0.101. The highest BCUT2D eigenvalue weighted by atomic mass is 16.2. The van der Waals surface area contributed by atoms with Gasteiger partial charge in [-0.3, -0.25) is 4.79 Å². The van der Waals surface area contributed by atoms with Crippen molar-refractivity contribution in [2.45, 2.75) is 26.3 Å².